The van der Waals surface area contributed by atoms with Crippen LogP contribution in [0.3, 0.4) is 0 Å². The Balaban J connectivity index is 2.23. The van der Waals surface area contributed by atoms with Gasteiger partial charge < -0.3 is 14.8 Å². The molecule has 0 atom stereocenters. The number of carbonyl (C=O) groups is 2. The van der Waals surface area contributed by atoms with Crippen LogP contribution in [0.15, 0.2) is 47.4 Å². The van der Waals surface area contributed by atoms with E-state index in [0.29, 0.717) is 11.4 Å². The third-order valence-corrected chi connectivity index (χ3v) is 6.07. The van der Waals surface area contributed by atoms with E-state index >= 15 is 0 Å². The summed E-state index contributed by atoms with van der Waals surface area (Å²) < 4.78 is 36.2. The summed E-state index contributed by atoms with van der Waals surface area (Å²) in [6, 6.07) is 10.7. The molecule has 0 saturated heterocycles. The van der Waals surface area contributed by atoms with Crippen molar-refractivity contribution < 1.29 is 27.5 Å². The molecule has 2 aromatic rings. The van der Waals surface area contributed by atoms with Gasteiger partial charge in [-0.25, -0.2) is 17.5 Å². The summed E-state index contributed by atoms with van der Waals surface area (Å²) in [7, 11) is 1.94. The number of rotatable bonds is 7. The molecule has 0 fully saturated rings. The standard InChI is InChI=1S/C20H25N3O6S/c1-6-29-20(25)23(4)16-10-8-15(9-11-16)21-19(24)14-7-12-17(28-5)18(13-14)30(26,27)22(2)3/h7-13H,6H2,1-5H3,(H,21,24). The highest BCUT2D eigenvalue weighted by molar-refractivity contribution is 7.89. The van der Waals surface area contributed by atoms with E-state index in [1.807, 2.05) is 0 Å². The molecule has 1 N–H and O–H groups in total. The number of sulfonamides is 1. The average Bonchev–Trinajstić information content (AvgIpc) is 2.73. The summed E-state index contributed by atoms with van der Waals surface area (Å²) in [6.45, 7) is 1.99. The van der Waals surface area contributed by atoms with E-state index in [0.717, 1.165) is 4.31 Å². The Labute approximate surface area is 176 Å². The van der Waals surface area contributed by atoms with E-state index in [1.54, 1.807) is 38.2 Å². The van der Waals surface area contributed by atoms with Crippen molar-refractivity contribution in [2.75, 3.05) is 45.1 Å². The van der Waals surface area contributed by atoms with Crippen molar-refractivity contribution in [2.24, 2.45) is 0 Å². The first-order valence-electron chi connectivity index (χ1n) is 9.04. The Morgan fingerprint density at radius 1 is 1.03 bits per heavy atom. The van der Waals surface area contributed by atoms with Gasteiger partial charge in [0.15, 0.2) is 0 Å². The lowest BCUT2D eigenvalue weighted by Crippen LogP contribution is -2.26. The van der Waals surface area contributed by atoms with Gasteiger partial charge in [-0.2, -0.15) is 0 Å². The summed E-state index contributed by atoms with van der Waals surface area (Å²) in [6.07, 6.45) is -0.484. The summed E-state index contributed by atoms with van der Waals surface area (Å²) in [5.74, 6) is -0.342. The fourth-order valence-electron chi connectivity index (χ4n) is 2.51. The molecule has 162 valence electrons. The number of ether oxygens (including phenoxy) is 2. The number of benzene rings is 2. The molecule has 0 unspecified atom stereocenters. The van der Waals surface area contributed by atoms with Crippen LogP contribution < -0.4 is 15.0 Å². The molecule has 0 heterocycles. The van der Waals surface area contributed by atoms with Gasteiger partial charge in [-0.15, -0.1) is 0 Å². The number of methoxy groups -OCH3 is 1. The molecule has 0 radical (unpaired) electrons. The zero-order valence-corrected chi connectivity index (χ0v) is 18.3. The predicted octanol–water partition coefficient (Wildman–Crippen LogP) is 2.79. The Bertz CT molecular complexity index is 1020. The van der Waals surface area contributed by atoms with Crippen molar-refractivity contribution in [1.82, 2.24) is 4.31 Å². The molecule has 0 spiro atoms. The first kappa shape index (κ1) is 23.2. The Kier molecular flexibility index (Phi) is 7.41. The molecule has 0 saturated carbocycles. The van der Waals surface area contributed by atoms with Crippen molar-refractivity contribution in [2.45, 2.75) is 11.8 Å². The quantitative estimate of drug-likeness (QED) is 0.717. The number of anilines is 2. The van der Waals surface area contributed by atoms with E-state index in [9.17, 15) is 18.0 Å². The van der Waals surface area contributed by atoms with Gasteiger partial charge in [0, 0.05) is 38.1 Å². The first-order chi connectivity index (χ1) is 14.1. The van der Waals surface area contributed by atoms with Crippen LogP contribution in [0.1, 0.15) is 17.3 Å². The lowest BCUT2D eigenvalue weighted by Gasteiger charge is -2.17. The smallest absolute Gasteiger partial charge is 0.413 e. The van der Waals surface area contributed by atoms with E-state index < -0.39 is 22.0 Å². The molecular formula is C20H25N3O6S. The first-order valence-corrected chi connectivity index (χ1v) is 10.5. The molecule has 2 rings (SSSR count). The fraction of sp³-hybridized carbons (Fsp3) is 0.300. The molecule has 0 aliphatic carbocycles. The summed E-state index contributed by atoms with van der Waals surface area (Å²) in [5, 5.41) is 2.70. The van der Waals surface area contributed by atoms with Crippen LogP contribution >= 0.6 is 0 Å². The van der Waals surface area contributed by atoms with Crippen molar-refractivity contribution >= 4 is 33.4 Å². The van der Waals surface area contributed by atoms with Crippen molar-refractivity contribution in [3.63, 3.8) is 0 Å². The van der Waals surface area contributed by atoms with Gasteiger partial charge in [0.25, 0.3) is 5.91 Å². The molecule has 0 aliphatic rings. The Hall–Kier alpha value is -3.11. The normalized spacial score (nSPS) is 11.1. The van der Waals surface area contributed by atoms with Gasteiger partial charge in [0.1, 0.15) is 10.6 Å². The van der Waals surface area contributed by atoms with E-state index in [1.165, 1.54) is 44.3 Å². The summed E-state index contributed by atoms with van der Waals surface area (Å²) in [4.78, 5) is 25.6. The minimum absolute atomic E-state index is 0.103. The molecular weight excluding hydrogens is 410 g/mol. The number of carbonyl (C=O) groups excluding carboxylic acids is 2. The van der Waals surface area contributed by atoms with E-state index in [-0.39, 0.29) is 22.8 Å². The zero-order chi connectivity index (χ0) is 22.5. The summed E-state index contributed by atoms with van der Waals surface area (Å²) in [5.41, 5.74) is 1.23. The van der Waals surface area contributed by atoms with Gasteiger partial charge in [0.2, 0.25) is 10.0 Å². The molecule has 0 aromatic heterocycles. The highest BCUT2D eigenvalue weighted by atomic mass is 32.2. The third kappa shape index (κ3) is 5.08. The van der Waals surface area contributed by atoms with Gasteiger partial charge >= 0.3 is 6.09 Å². The second kappa shape index (κ2) is 9.59. The number of hydrogen-bond acceptors (Lipinski definition) is 6. The van der Waals surface area contributed by atoms with Crippen LogP contribution in [0.25, 0.3) is 0 Å². The highest BCUT2D eigenvalue weighted by Gasteiger charge is 2.24. The monoisotopic (exact) mass is 435 g/mol. The number of amides is 2. The van der Waals surface area contributed by atoms with Crippen LogP contribution in [0.4, 0.5) is 16.2 Å². The lowest BCUT2D eigenvalue weighted by atomic mass is 10.2. The molecule has 10 heteroatoms. The predicted molar refractivity (Wildman–Crippen MR) is 114 cm³/mol. The molecule has 0 bridgehead atoms. The van der Waals surface area contributed by atoms with Gasteiger partial charge in [-0.3, -0.25) is 9.69 Å². The van der Waals surface area contributed by atoms with Gasteiger partial charge in [-0.05, 0) is 49.4 Å². The maximum atomic E-state index is 12.6. The maximum Gasteiger partial charge on any atom is 0.413 e. The van der Waals surface area contributed by atoms with Crippen molar-refractivity contribution in [3.05, 3.63) is 48.0 Å². The van der Waals surface area contributed by atoms with Crippen LogP contribution in [0, 0.1) is 0 Å². The zero-order valence-electron chi connectivity index (χ0n) is 17.5. The fourth-order valence-corrected chi connectivity index (χ4v) is 3.59. The minimum atomic E-state index is -3.80. The van der Waals surface area contributed by atoms with Gasteiger partial charge in [-0.1, -0.05) is 0 Å². The second-order valence-electron chi connectivity index (χ2n) is 6.41. The topological polar surface area (TPSA) is 105 Å². The Morgan fingerprint density at radius 2 is 1.67 bits per heavy atom. The van der Waals surface area contributed by atoms with Crippen molar-refractivity contribution in [1.29, 1.82) is 0 Å². The number of hydrogen-bond donors (Lipinski definition) is 1. The third-order valence-electron chi connectivity index (χ3n) is 4.24. The number of nitrogens with one attached hydrogen (secondary N) is 1. The van der Waals surface area contributed by atoms with Crippen LogP contribution in [0.5, 0.6) is 5.75 Å². The maximum absolute atomic E-state index is 12.6. The highest BCUT2D eigenvalue weighted by Crippen LogP contribution is 2.27. The molecule has 9 nitrogen and oxygen atoms in total. The van der Waals surface area contributed by atoms with E-state index in [2.05, 4.69) is 5.32 Å². The van der Waals surface area contributed by atoms with Crippen LogP contribution in [-0.4, -0.2) is 59.6 Å². The lowest BCUT2D eigenvalue weighted by molar-refractivity contribution is 0.102. The largest absolute Gasteiger partial charge is 0.495 e. The van der Waals surface area contributed by atoms with E-state index in [4.69, 9.17) is 9.47 Å². The molecule has 2 aromatic carbocycles. The SMILES string of the molecule is CCOC(=O)N(C)c1ccc(NC(=O)c2ccc(OC)c(S(=O)(=O)N(C)C)c2)cc1. The molecule has 2 amide bonds. The molecule has 0 aliphatic heterocycles. The minimum Gasteiger partial charge on any atom is -0.495 e. The van der Waals surface area contributed by atoms with Crippen molar-refractivity contribution in [3.8, 4) is 5.75 Å². The van der Waals surface area contributed by atoms with Crippen LogP contribution in [-0.2, 0) is 14.8 Å². The molecule has 30 heavy (non-hydrogen) atoms. The average molecular weight is 436 g/mol. The second-order valence-corrected chi connectivity index (χ2v) is 8.53. The summed E-state index contributed by atoms with van der Waals surface area (Å²) >= 11 is 0. The number of nitrogens with zero attached hydrogens (tertiary/aromatic N) is 2. The van der Waals surface area contributed by atoms with Crippen LogP contribution in [0.2, 0.25) is 0 Å². The Morgan fingerprint density at radius 3 is 2.20 bits per heavy atom. The van der Waals surface area contributed by atoms with Gasteiger partial charge in [0.05, 0.1) is 13.7 Å².